The Bertz CT molecular complexity index is 898. The van der Waals surface area contributed by atoms with Crippen LogP contribution in [0.2, 0.25) is 0 Å². The lowest BCUT2D eigenvalue weighted by Gasteiger charge is -2.22. The molecule has 6 heteroatoms. The number of halogens is 4. The highest BCUT2D eigenvalue weighted by atomic mass is 32.1. The minimum atomic E-state index is -3.08. The van der Waals surface area contributed by atoms with Crippen LogP contribution in [-0.2, 0) is 11.8 Å². The molecule has 0 aliphatic heterocycles. The molecule has 0 spiro atoms. The van der Waals surface area contributed by atoms with Crippen molar-refractivity contribution < 1.29 is 17.6 Å². The minimum absolute atomic E-state index is 0.0590. The van der Waals surface area contributed by atoms with Crippen LogP contribution in [-0.4, -0.2) is 0 Å². The maximum Gasteiger partial charge on any atom is 0.275 e. The summed E-state index contributed by atoms with van der Waals surface area (Å²) in [4.78, 5) is 0. The third-order valence-electron chi connectivity index (χ3n) is 5.72. The van der Waals surface area contributed by atoms with Gasteiger partial charge < -0.3 is 0 Å². The van der Waals surface area contributed by atoms with Gasteiger partial charge in [0.15, 0.2) is 0 Å². The number of benzene rings is 1. The summed E-state index contributed by atoms with van der Waals surface area (Å²) < 4.78 is 59.9. The first-order valence-electron chi connectivity index (χ1n) is 10.9. The zero-order valence-corrected chi connectivity index (χ0v) is 19.3. The molecule has 0 saturated carbocycles. The molecule has 30 heavy (non-hydrogen) atoms. The first-order valence-corrected chi connectivity index (χ1v) is 12.7. The second-order valence-corrected chi connectivity index (χ2v) is 10.1. The topological polar surface area (TPSA) is 0 Å². The molecule has 0 atom stereocenters. The van der Waals surface area contributed by atoms with Crippen LogP contribution in [0.3, 0.4) is 0 Å². The fraction of sp³-hybridized carbons (Fsp3) is 0.583. The van der Waals surface area contributed by atoms with Crippen molar-refractivity contribution in [2.45, 2.75) is 89.9 Å². The number of fused-ring (bicyclic) bond motifs is 2. The predicted molar refractivity (Wildman–Crippen MR) is 123 cm³/mol. The lowest BCUT2D eigenvalue weighted by atomic mass is 9.93. The van der Waals surface area contributed by atoms with Crippen LogP contribution in [0, 0.1) is 0 Å². The number of hydrogen-bond donors (Lipinski definition) is 0. The van der Waals surface area contributed by atoms with E-state index < -0.39 is 11.8 Å². The van der Waals surface area contributed by atoms with Crippen molar-refractivity contribution in [2.24, 2.45) is 0 Å². The van der Waals surface area contributed by atoms with Crippen molar-refractivity contribution >= 4 is 42.8 Å². The van der Waals surface area contributed by atoms with E-state index in [1.54, 1.807) is 22.9 Å². The standard InChI is InChI=1S/C24H30F4S2/c1-3-4-5-6-7-8-9-10-11-14-24(27,28)20-18-13-16-29-21(18)19(23(2,25)26)17-12-15-30-22(17)20/h12-13,15-16H,3-11,14H2,1-2H3. The molecule has 0 aliphatic carbocycles. The molecule has 0 bridgehead atoms. The van der Waals surface area contributed by atoms with Gasteiger partial charge in [0.2, 0.25) is 0 Å². The van der Waals surface area contributed by atoms with E-state index in [0.717, 1.165) is 48.9 Å². The van der Waals surface area contributed by atoms with E-state index in [1.807, 2.05) is 0 Å². The van der Waals surface area contributed by atoms with Gasteiger partial charge in [-0.25, -0.2) is 17.6 Å². The zero-order chi connectivity index (χ0) is 21.8. The Hall–Kier alpha value is -1.14. The van der Waals surface area contributed by atoms with E-state index in [9.17, 15) is 8.78 Å². The van der Waals surface area contributed by atoms with Crippen molar-refractivity contribution in [3.8, 4) is 0 Å². The van der Waals surface area contributed by atoms with Gasteiger partial charge in [-0.3, -0.25) is 0 Å². The highest BCUT2D eigenvalue weighted by Crippen LogP contribution is 2.50. The molecule has 0 unspecified atom stereocenters. The molecule has 166 valence electrons. The normalized spacial score (nSPS) is 13.0. The molecule has 2 heterocycles. The molecule has 0 amide bonds. The van der Waals surface area contributed by atoms with Gasteiger partial charge >= 0.3 is 0 Å². The Morgan fingerprint density at radius 1 is 0.700 bits per heavy atom. The summed E-state index contributed by atoms with van der Waals surface area (Å²) in [5, 5.41) is 3.83. The molecule has 0 radical (unpaired) electrons. The Kier molecular flexibility index (Phi) is 7.83. The van der Waals surface area contributed by atoms with Gasteiger partial charge in [0, 0.05) is 44.6 Å². The van der Waals surface area contributed by atoms with Crippen molar-refractivity contribution in [1.82, 2.24) is 0 Å². The Morgan fingerprint density at radius 3 is 1.70 bits per heavy atom. The molecular weight excluding hydrogens is 428 g/mol. The van der Waals surface area contributed by atoms with Gasteiger partial charge in [-0.2, -0.15) is 0 Å². The van der Waals surface area contributed by atoms with Crippen LogP contribution >= 0.6 is 22.7 Å². The van der Waals surface area contributed by atoms with Crippen molar-refractivity contribution in [3.63, 3.8) is 0 Å². The Balaban J connectivity index is 1.74. The van der Waals surface area contributed by atoms with Crippen LogP contribution in [0.15, 0.2) is 22.9 Å². The SMILES string of the molecule is CCCCCCCCCCCC(F)(F)c1c2ccsc2c(C(C)(F)F)c2ccsc12. The molecule has 0 fully saturated rings. The monoisotopic (exact) mass is 458 g/mol. The molecule has 0 aliphatic rings. The lowest BCUT2D eigenvalue weighted by molar-refractivity contribution is -0.0129. The zero-order valence-electron chi connectivity index (χ0n) is 17.7. The molecule has 3 aromatic rings. The largest absolute Gasteiger partial charge is 0.275 e. The summed E-state index contributed by atoms with van der Waals surface area (Å²) in [6.07, 6.45) is 9.23. The van der Waals surface area contributed by atoms with Gasteiger partial charge in [-0.15, -0.1) is 22.7 Å². The molecule has 1 aromatic carbocycles. The van der Waals surface area contributed by atoms with E-state index in [1.165, 1.54) is 32.1 Å². The summed E-state index contributed by atoms with van der Waals surface area (Å²) >= 11 is 2.26. The van der Waals surface area contributed by atoms with E-state index in [2.05, 4.69) is 6.92 Å². The molecule has 2 aromatic heterocycles. The number of hydrogen-bond acceptors (Lipinski definition) is 2. The smallest absolute Gasteiger partial charge is 0.202 e. The Morgan fingerprint density at radius 2 is 1.17 bits per heavy atom. The van der Waals surface area contributed by atoms with Crippen LogP contribution in [0.1, 0.15) is 89.2 Å². The summed E-state index contributed by atoms with van der Waals surface area (Å²) in [5.74, 6) is -6.10. The molecule has 0 N–H and O–H groups in total. The second-order valence-electron chi connectivity index (χ2n) is 8.25. The van der Waals surface area contributed by atoms with Crippen molar-refractivity contribution in [3.05, 3.63) is 34.0 Å². The molecular formula is C24H30F4S2. The highest BCUT2D eigenvalue weighted by molar-refractivity contribution is 7.19. The number of alkyl halides is 4. The van der Waals surface area contributed by atoms with Gasteiger partial charge in [0.05, 0.1) is 0 Å². The maximum atomic E-state index is 15.3. The van der Waals surface area contributed by atoms with E-state index in [0.29, 0.717) is 11.1 Å². The number of thiophene rings is 2. The summed E-state index contributed by atoms with van der Waals surface area (Å²) in [6, 6.07) is 3.14. The summed E-state index contributed by atoms with van der Waals surface area (Å²) in [6.45, 7) is 3.04. The van der Waals surface area contributed by atoms with Crippen LogP contribution in [0.25, 0.3) is 20.2 Å². The number of rotatable bonds is 12. The van der Waals surface area contributed by atoms with Gasteiger partial charge in [-0.05, 0) is 29.3 Å². The summed E-state index contributed by atoms with van der Waals surface area (Å²) in [5.41, 5.74) is -0.178. The van der Waals surface area contributed by atoms with Crippen LogP contribution in [0.4, 0.5) is 17.6 Å². The second kappa shape index (κ2) is 9.99. The van der Waals surface area contributed by atoms with Gasteiger partial charge in [0.1, 0.15) is 0 Å². The first kappa shape index (κ1) is 23.5. The quantitative estimate of drug-likeness (QED) is 0.187. The maximum absolute atomic E-state index is 15.3. The van der Waals surface area contributed by atoms with Crippen LogP contribution < -0.4 is 0 Å². The van der Waals surface area contributed by atoms with E-state index in [-0.39, 0.29) is 33.0 Å². The average Bonchev–Trinajstić information content (AvgIpc) is 3.32. The lowest BCUT2D eigenvalue weighted by Crippen LogP contribution is -2.16. The van der Waals surface area contributed by atoms with Gasteiger partial charge in [-0.1, -0.05) is 58.3 Å². The molecule has 0 nitrogen and oxygen atoms in total. The minimum Gasteiger partial charge on any atom is -0.202 e. The van der Waals surface area contributed by atoms with Crippen molar-refractivity contribution in [2.75, 3.05) is 0 Å². The predicted octanol–water partition coefficient (Wildman–Crippen LogP) is 10.2. The fourth-order valence-electron chi connectivity index (χ4n) is 4.23. The third kappa shape index (κ3) is 5.18. The molecule has 3 rings (SSSR count). The Labute approximate surface area is 184 Å². The average molecular weight is 459 g/mol. The summed E-state index contributed by atoms with van der Waals surface area (Å²) in [7, 11) is 0. The van der Waals surface area contributed by atoms with E-state index in [4.69, 9.17) is 0 Å². The van der Waals surface area contributed by atoms with Crippen LogP contribution in [0.5, 0.6) is 0 Å². The van der Waals surface area contributed by atoms with E-state index >= 15 is 8.78 Å². The molecule has 0 saturated heterocycles. The van der Waals surface area contributed by atoms with Crippen molar-refractivity contribution in [1.29, 1.82) is 0 Å². The number of unbranched alkanes of at least 4 members (excludes halogenated alkanes) is 8. The first-order chi connectivity index (χ1) is 14.3. The fourth-order valence-corrected chi connectivity index (χ4v) is 6.28. The third-order valence-corrected chi connectivity index (χ3v) is 7.59. The van der Waals surface area contributed by atoms with Gasteiger partial charge in [0.25, 0.3) is 11.8 Å². The highest BCUT2D eigenvalue weighted by Gasteiger charge is 2.39.